The van der Waals surface area contributed by atoms with Crippen LogP contribution in [0.4, 0.5) is 0 Å². The molecule has 0 aliphatic heterocycles. The molecule has 0 radical (unpaired) electrons. The number of hydrogen-bond donors (Lipinski definition) is 2. The van der Waals surface area contributed by atoms with Gasteiger partial charge in [-0.2, -0.15) is 11.8 Å². The molecule has 5 heteroatoms. The molecule has 1 atom stereocenters. The molecule has 39 heavy (non-hydrogen) atoms. The van der Waals surface area contributed by atoms with Crippen molar-refractivity contribution >= 4 is 35.8 Å². The Balaban J connectivity index is 1.67. The first kappa shape index (κ1) is 27.9. The van der Waals surface area contributed by atoms with Crippen molar-refractivity contribution in [3.05, 3.63) is 130 Å². The Kier molecular flexibility index (Phi) is 9.76. The van der Waals surface area contributed by atoms with Crippen molar-refractivity contribution in [2.24, 2.45) is 0 Å². The van der Waals surface area contributed by atoms with Gasteiger partial charge in [0.25, 0.3) is 5.91 Å². The molecule has 0 aliphatic carbocycles. The van der Waals surface area contributed by atoms with Gasteiger partial charge in [-0.25, -0.2) is 4.79 Å². The Morgan fingerprint density at radius 3 is 2.33 bits per heavy atom. The highest BCUT2D eigenvalue weighted by atomic mass is 32.2. The molecule has 0 aromatic heterocycles. The van der Waals surface area contributed by atoms with Gasteiger partial charge in [0.15, 0.2) is 0 Å². The molecule has 0 heterocycles. The number of carboxylic acids is 1. The zero-order valence-corrected chi connectivity index (χ0v) is 23.1. The molecule has 0 saturated heterocycles. The number of aliphatic carboxylic acids is 1. The Labute approximate surface area is 234 Å². The second kappa shape index (κ2) is 13.6. The predicted octanol–water partition coefficient (Wildman–Crippen LogP) is 7.36. The first-order chi connectivity index (χ1) is 19.0. The summed E-state index contributed by atoms with van der Waals surface area (Å²) in [5.74, 6) is -0.758. The number of carboxylic acid groups (broad SMARTS) is 1. The van der Waals surface area contributed by atoms with Gasteiger partial charge in [0.1, 0.15) is 6.04 Å². The first-order valence-corrected chi connectivity index (χ1v) is 14.4. The van der Waals surface area contributed by atoms with E-state index in [-0.39, 0.29) is 5.91 Å². The number of rotatable bonds is 11. The van der Waals surface area contributed by atoms with Crippen molar-refractivity contribution < 1.29 is 14.7 Å². The van der Waals surface area contributed by atoms with Gasteiger partial charge in [0.05, 0.1) is 0 Å². The highest BCUT2D eigenvalue weighted by Gasteiger charge is 2.22. The molecule has 4 aromatic rings. The van der Waals surface area contributed by atoms with Crippen LogP contribution in [0.1, 0.15) is 44.6 Å². The van der Waals surface area contributed by atoms with E-state index in [9.17, 15) is 14.7 Å². The molecular weight excluding hydrogens is 502 g/mol. The van der Waals surface area contributed by atoms with E-state index < -0.39 is 12.0 Å². The highest BCUT2D eigenvalue weighted by Crippen LogP contribution is 2.29. The topological polar surface area (TPSA) is 66.4 Å². The smallest absolute Gasteiger partial charge is 0.326 e. The van der Waals surface area contributed by atoms with E-state index in [4.69, 9.17) is 0 Å². The fraction of sp³-hybridized carbons (Fsp3) is 0.176. The Morgan fingerprint density at radius 1 is 0.872 bits per heavy atom. The van der Waals surface area contributed by atoms with Crippen LogP contribution in [0, 0.1) is 6.92 Å². The number of benzene rings is 4. The summed E-state index contributed by atoms with van der Waals surface area (Å²) in [7, 11) is 0. The maximum Gasteiger partial charge on any atom is 0.326 e. The zero-order chi connectivity index (χ0) is 27.6. The third-order valence-corrected chi connectivity index (χ3v) is 7.33. The average Bonchev–Trinajstić information content (AvgIpc) is 2.95. The summed E-state index contributed by atoms with van der Waals surface area (Å²) in [6.45, 7) is 2.01. The third kappa shape index (κ3) is 7.49. The van der Waals surface area contributed by atoms with Crippen LogP contribution in [0.2, 0.25) is 0 Å². The summed E-state index contributed by atoms with van der Waals surface area (Å²) in [6.07, 6.45) is 7.30. The van der Waals surface area contributed by atoms with Gasteiger partial charge in [-0.05, 0) is 82.9 Å². The van der Waals surface area contributed by atoms with E-state index in [1.807, 2.05) is 61.7 Å². The van der Waals surface area contributed by atoms with Crippen LogP contribution < -0.4 is 5.32 Å². The maximum absolute atomic E-state index is 13.3. The summed E-state index contributed by atoms with van der Waals surface area (Å²) < 4.78 is 0. The predicted molar refractivity (Wildman–Crippen MR) is 163 cm³/mol. The monoisotopic (exact) mass is 535 g/mol. The molecule has 4 nitrogen and oxygen atoms in total. The lowest BCUT2D eigenvalue weighted by Crippen LogP contribution is -2.41. The molecule has 198 valence electrons. The van der Waals surface area contributed by atoms with Gasteiger partial charge in [0.2, 0.25) is 0 Å². The number of thioether (sulfide) groups is 1. The standard InChI is InChI=1S/C34H33NO3S/c1-24-10-6-9-15-29(24)31-23-26(17-19-30(31)33(36)35-32(34(37)38)20-21-39-2)16-18-27-13-7-8-14-28(27)22-25-11-4-3-5-12-25/h3-19,23,32H,20-22H2,1-2H3,(H,35,36)(H,37,38). The number of carbonyl (C=O) groups is 2. The van der Waals surface area contributed by atoms with Gasteiger partial charge in [-0.3, -0.25) is 4.79 Å². The molecule has 0 aliphatic rings. The lowest BCUT2D eigenvalue weighted by molar-refractivity contribution is -0.139. The largest absolute Gasteiger partial charge is 0.480 e. The molecular formula is C34H33NO3S. The summed E-state index contributed by atoms with van der Waals surface area (Å²) in [4.78, 5) is 25.1. The van der Waals surface area contributed by atoms with Crippen LogP contribution in [0.15, 0.2) is 97.1 Å². The Morgan fingerprint density at radius 2 is 1.59 bits per heavy atom. The normalized spacial score (nSPS) is 11.8. The number of amides is 1. The van der Waals surface area contributed by atoms with Crippen molar-refractivity contribution in [2.45, 2.75) is 25.8 Å². The molecule has 4 aromatic carbocycles. The first-order valence-electron chi connectivity index (χ1n) is 13.0. The lowest BCUT2D eigenvalue weighted by atomic mass is 9.93. The fourth-order valence-electron chi connectivity index (χ4n) is 4.55. The fourth-order valence-corrected chi connectivity index (χ4v) is 5.02. The molecule has 0 bridgehead atoms. The van der Waals surface area contributed by atoms with Crippen LogP contribution in [0.5, 0.6) is 0 Å². The van der Waals surface area contributed by atoms with Crippen molar-refractivity contribution in [3.63, 3.8) is 0 Å². The molecule has 1 amide bonds. The summed E-state index contributed by atoms with van der Waals surface area (Å²) in [5.41, 5.74) is 7.81. The molecule has 4 rings (SSSR count). The minimum Gasteiger partial charge on any atom is -0.480 e. The lowest BCUT2D eigenvalue weighted by Gasteiger charge is -2.17. The van der Waals surface area contributed by atoms with E-state index in [1.54, 1.807) is 17.8 Å². The van der Waals surface area contributed by atoms with Gasteiger partial charge in [-0.15, -0.1) is 0 Å². The van der Waals surface area contributed by atoms with E-state index in [0.717, 1.165) is 34.2 Å². The summed E-state index contributed by atoms with van der Waals surface area (Å²) >= 11 is 1.56. The van der Waals surface area contributed by atoms with Crippen LogP contribution in [0.3, 0.4) is 0 Å². The van der Waals surface area contributed by atoms with E-state index in [0.29, 0.717) is 17.7 Å². The maximum atomic E-state index is 13.3. The van der Waals surface area contributed by atoms with E-state index in [1.165, 1.54) is 11.1 Å². The number of aryl methyl sites for hydroxylation is 1. The van der Waals surface area contributed by atoms with Crippen molar-refractivity contribution in [1.29, 1.82) is 0 Å². The average molecular weight is 536 g/mol. The quantitative estimate of drug-likeness (QED) is 0.197. The van der Waals surface area contributed by atoms with Gasteiger partial charge in [-0.1, -0.05) is 97.1 Å². The van der Waals surface area contributed by atoms with E-state index >= 15 is 0 Å². The molecule has 2 N–H and O–H groups in total. The van der Waals surface area contributed by atoms with Crippen molar-refractivity contribution in [2.75, 3.05) is 12.0 Å². The Hall–Kier alpha value is -4.09. The van der Waals surface area contributed by atoms with Gasteiger partial charge >= 0.3 is 5.97 Å². The zero-order valence-electron chi connectivity index (χ0n) is 22.3. The van der Waals surface area contributed by atoms with Crippen LogP contribution in [0.25, 0.3) is 23.3 Å². The molecule has 0 saturated carbocycles. The molecule has 1 unspecified atom stereocenters. The second-order valence-electron chi connectivity index (χ2n) is 9.46. The Bertz CT molecular complexity index is 1460. The van der Waals surface area contributed by atoms with Gasteiger partial charge in [0, 0.05) is 5.56 Å². The van der Waals surface area contributed by atoms with Crippen molar-refractivity contribution in [3.8, 4) is 11.1 Å². The van der Waals surface area contributed by atoms with Crippen LogP contribution in [-0.2, 0) is 11.2 Å². The summed E-state index contributed by atoms with van der Waals surface area (Å²) in [5, 5.41) is 12.4. The minimum absolute atomic E-state index is 0.366. The van der Waals surface area contributed by atoms with Crippen LogP contribution in [-0.4, -0.2) is 35.0 Å². The van der Waals surface area contributed by atoms with Crippen LogP contribution >= 0.6 is 11.8 Å². The minimum atomic E-state index is -1.02. The summed E-state index contributed by atoms with van der Waals surface area (Å²) in [6, 6.07) is 31.4. The molecule has 0 fully saturated rings. The number of hydrogen-bond acceptors (Lipinski definition) is 3. The van der Waals surface area contributed by atoms with E-state index in [2.05, 4.69) is 59.9 Å². The number of nitrogens with one attached hydrogen (secondary N) is 1. The SMILES string of the molecule is CSCCC(NC(=O)c1ccc(C=Cc2ccccc2Cc2ccccc2)cc1-c1ccccc1C)C(=O)O. The third-order valence-electron chi connectivity index (χ3n) is 6.69. The number of carbonyl (C=O) groups excluding carboxylic acids is 1. The molecule has 0 spiro atoms. The van der Waals surface area contributed by atoms with Crippen molar-refractivity contribution in [1.82, 2.24) is 5.32 Å². The highest BCUT2D eigenvalue weighted by molar-refractivity contribution is 7.98. The van der Waals surface area contributed by atoms with Gasteiger partial charge < -0.3 is 10.4 Å². The second-order valence-corrected chi connectivity index (χ2v) is 10.4.